The van der Waals surface area contributed by atoms with Crippen LogP contribution in [0, 0.1) is 0 Å². The van der Waals surface area contributed by atoms with Crippen LogP contribution in [0.5, 0.6) is 0 Å². The molecule has 0 radical (unpaired) electrons. The number of nitrogens with two attached hydrogens (primary N) is 2. The molecule has 0 heterocycles. The summed E-state index contributed by atoms with van der Waals surface area (Å²) in [4.78, 5) is 0. The molecule has 11 heavy (non-hydrogen) atoms. The lowest BCUT2D eigenvalue weighted by Crippen LogP contribution is -2.00. The molecule has 0 bridgehead atoms. The Labute approximate surface area is 80.0 Å². The zero-order chi connectivity index (χ0) is 6.24. The van der Waals surface area contributed by atoms with Crippen LogP contribution in [0.4, 0.5) is 0 Å². The molecule has 0 aromatic heterocycles. The van der Waals surface area contributed by atoms with E-state index in [1.54, 1.807) is 0 Å². The van der Waals surface area contributed by atoms with Crippen LogP contribution >= 0.6 is 17.0 Å². The number of hydrogen-bond donors (Lipinski definition) is 4. The summed E-state index contributed by atoms with van der Waals surface area (Å²) in [6.07, 6.45) is 4.79. The van der Waals surface area contributed by atoms with E-state index in [1.165, 1.54) is 12.8 Å². The number of unbranched alkanes of at least 4 members (excludes halogenated alkanes) is 3. The fourth-order valence-electron chi connectivity index (χ4n) is 0.642. The Morgan fingerprint density at radius 3 is 1.09 bits per heavy atom. The van der Waals surface area contributed by atoms with Crippen molar-refractivity contribution in [3.63, 3.8) is 0 Å². The van der Waals surface area contributed by atoms with Crippen LogP contribution in [-0.2, 0) is 0 Å². The van der Waals surface area contributed by atoms with E-state index in [9.17, 15) is 0 Å². The van der Waals surface area contributed by atoms with Crippen LogP contribution in [0.1, 0.15) is 25.7 Å². The van der Waals surface area contributed by atoms with Crippen molar-refractivity contribution >= 4 is 17.0 Å². The molecular formula is C6H23BrN4. The van der Waals surface area contributed by atoms with Crippen molar-refractivity contribution in [2.45, 2.75) is 25.7 Å². The molecular weight excluding hydrogens is 208 g/mol. The summed E-state index contributed by atoms with van der Waals surface area (Å²) < 4.78 is 0. The molecule has 10 N–H and O–H groups in total. The van der Waals surface area contributed by atoms with Gasteiger partial charge in [0.05, 0.1) is 0 Å². The standard InChI is InChI=1S/C6H16N2.BrH.2H3N/c7-5-3-1-2-4-6-8;;;/h1-8H2;1H;2*1H3. The lowest BCUT2D eigenvalue weighted by Gasteiger charge is -1.94. The fourth-order valence-corrected chi connectivity index (χ4v) is 0.642. The second kappa shape index (κ2) is 22.4. The minimum atomic E-state index is 0. The van der Waals surface area contributed by atoms with E-state index in [-0.39, 0.29) is 29.3 Å². The summed E-state index contributed by atoms with van der Waals surface area (Å²) in [6, 6.07) is 0. The van der Waals surface area contributed by atoms with E-state index in [1.807, 2.05) is 0 Å². The monoisotopic (exact) mass is 230 g/mol. The lowest BCUT2D eigenvalue weighted by atomic mass is 10.2. The van der Waals surface area contributed by atoms with Crippen molar-refractivity contribution in [2.75, 3.05) is 13.1 Å². The Hall–Kier alpha value is 0.320. The van der Waals surface area contributed by atoms with Crippen LogP contribution in [0.15, 0.2) is 0 Å². The van der Waals surface area contributed by atoms with Gasteiger partial charge in [0.1, 0.15) is 0 Å². The molecule has 0 aliphatic rings. The van der Waals surface area contributed by atoms with Gasteiger partial charge in [-0.25, -0.2) is 0 Å². The van der Waals surface area contributed by atoms with E-state index in [0.717, 1.165) is 25.9 Å². The van der Waals surface area contributed by atoms with Gasteiger partial charge in [0.2, 0.25) is 0 Å². The summed E-state index contributed by atoms with van der Waals surface area (Å²) in [5.41, 5.74) is 10.6. The summed E-state index contributed by atoms with van der Waals surface area (Å²) in [5.74, 6) is 0. The second-order valence-electron chi connectivity index (χ2n) is 1.99. The van der Waals surface area contributed by atoms with E-state index >= 15 is 0 Å². The summed E-state index contributed by atoms with van der Waals surface area (Å²) in [7, 11) is 0. The Bertz CT molecular complexity index is 39.6. The molecule has 74 valence electrons. The molecule has 0 unspecified atom stereocenters. The quantitative estimate of drug-likeness (QED) is 0.533. The predicted octanol–water partition coefficient (Wildman–Crippen LogP) is 1.37. The molecule has 0 aliphatic carbocycles. The maximum Gasteiger partial charge on any atom is -0.00773 e. The van der Waals surface area contributed by atoms with E-state index in [0.29, 0.717) is 0 Å². The number of rotatable bonds is 5. The second-order valence-corrected chi connectivity index (χ2v) is 1.99. The number of halogens is 1. The van der Waals surface area contributed by atoms with Gasteiger partial charge in [0.25, 0.3) is 0 Å². The first kappa shape index (κ1) is 22.5. The Morgan fingerprint density at radius 1 is 0.636 bits per heavy atom. The molecule has 0 amide bonds. The molecule has 0 aromatic rings. The minimum Gasteiger partial charge on any atom is -0.344 e. The van der Waals surface area contributed by atoms with E-state index < -0.39 is 0 Å². The topological polar surface area (TPSA) is 122 Å². The van der Waals surface area contributed by atoms with Gasteiger partial charge < -0.3 is 23.8 Å². The third-order valence-corrected chi connectivity index (χ3v) is 1.16. The SMILES string of the molecule is Br.N.N.NCCCCCCN. The Kier molecular flexibility index (Phi) is 45.9. The highest BCUT2D eigenvalue weighted by atomic mass is 79.9. The third kappa shape index (κ3) is 25.2. The van der Waals surface area contributed by atoms with Gasteiger partial charge in [-0.1, -0.05) is 12.8 Å². The molecule has 0 rings (SSSR count). The molecule has 5 heteroatoms. The molecule has 0 aromatic carbocycles. The van der Waals surface area contributed by atoms with Crippen molar-refractivity contribution < 1.29 is 0 Å². The number of hydrogen-bond acceptors (Lipinski definition) is 4. The minimum absolute atomic E-state index is 0. The largest absolute Gasteiger partial charge is 0.344 e. The molecule has 4 nitrogen and oxygen atoms in total. The first-order valence-electron chi connectivity index (χ1n) is 3.32. The van der Waals surface area contributed by atoms with Gasteiger partial charge in [-0.2, -0.15) is 0 Å². The molecule has 0 saturated carbocycles. The highest BCUT2D eigenvalue weighted by Gasteiger charge is 1.83. The first-order chi connectivity index (χ1) is 3.91. The van der Waals surface area contributed by atoms with E-state index in [4.69, 9.17) is 11.5 Å². The van der Waals surface area contributed by atoms with Gasteiger partial charge in [-0.3, -0.25) is 0 Å². The summed E-state index contributed by atoms with van der Waals surface area (Å²) in [5, 5.41) is 0. The van der Waals surface area contributed by atoms with Crippen LogP contribution in [0.3, 0.4) is 0 Å². The lowest BCUT2D eigenvalue weighted by molar-refractivity contribution is 0.653. The highest BCUT2D eigenvalue weighted by molar-refractivity contribution is 8.93. The average Bonchev–Trinajstić information content (AvgIpc) is 1.81. The highest BCUT2D eigenvalue weighted by Crippen LogP contribution is 1.95. The first-order valence-corrected chi connectivity index (χ1v) is 3.32. The van der Waals surface area contributed by atoms with Gasteiger partial charge in [0, 0.05) is 0 Å². The predicted molar refractivity (Wildman–Crippen MR) is 56.9 cm³/mol. The van der Waals surface area contributed by atoms with Crippen molar-refractivity contribution in [1.29, 1.82) is 0 Å². The van der Waals surface area contributed by atoms with E-state index in [2.05, 4.69) is 0 Å². The normalized spacial score (nSPS) is 7.09. The van der Waals surface area contributed by atoms with Crippen LogP contribution in [0.25, 0.3) is 0 Å². The van der Waals surface area contributed by atoms with Crippen molar-refractivity contribution in [2.24, 2.45) is 11.5 Å². The van der Waals surface area contributed by atoms with Crippen molar-refractivity contribution in [3.8, 4) is 0 Å². The zero-order valence-electron chi connectivity index (χ0n) is 7.22. The van der Waals surface area contributed by atoms with Gasteiger partial charge in [0.15, 0.2) is 0 Å². The van der Waals surface area contributed by atoms with Crippen LogP contribution < -0.4 is 23.8 Å². The van der Waals surface area contributed by atoms with Crippen molar-refractivity contribution in [3.05, 3.63) is 0 Å². The molecule has 0 aliphatic heterocycles. The summed E-state index contributed by atoms with van der Waals surface area (Å²) >= 11 is 0. The van der Waals surface area contributed by atoms with Crippen LogP contribution in [-0.4, -0.2) is 13.1 Å². The maximum absolute atomic E-state index is 5.28. The smallest absolute Gasteiger partial charge is 0.00773 e. The van der Waals surface area contributed by atoms with Crippen molar-refractivity contribution in [1.82, 2.24) is 12.3 Å². The molecule has 0 spiro atoms. The Morgan fingerprint density at radius 2 is 0.909 bits per heavy atom. The molecule has 0 fully saturated rings. The van der Waals surface area contributed by atoms with Crippen LogP contribution in [0.2, 0.25) is 0 Å². The third-order valence-electron chi connectivity index (χ3n) is 1.16. The van der Waals surface area contributed by atoms with Gasteiger partial charge in [-0.05, 0) is 25.9 Å². The maximum atomic E-state index is 5.28. The fraction of sp³-hybridized carbons (Fsp3) is 1.00. The van der Waals surface area contributed by atoms with Gasteiger partial charge >= 0.3 is 0 Å². The zero-order valence-corrected chi connectivity index (χ0v) is 8.93. The summed E-state index contributed by atoms with van der Waals surface area (Å²) in [6.45, 7) is 1.65. The Balaban J connectivity index is -0.0000000817. The average molecular weight is 231 g/mol. The van der Waals surface area contributed by atoms with Gasteiger partial charge in [-0.15, -0.1) is 17.0 Å². The molecule has 0 atom stereocenters. The molecule has 0 saturated heterocycles.